The second-order valence-corrected chi connectivity index (χ2v) is 8.26. The van der Waals surface area contributed by atoms with Crippen molar-refractivity contribution in [2.75, 3.05) is 17.2 Å². The van der Waals surface area contributed by atoms with Crippen LogP contribution in [0.15, 0.2) is 48.5 Å². The van der Waals surface area contributed by atoms with E-state index in [0.717, 1.165) is 5.56 Å². The predicted octanol–water partition coefficient (Wildman–Crippen LogP) is 2.83. The van der Waals surface area contributed by atoms with Gasteiger partial charge in [-0.05, 0) is 56.5 Å². The molecular weight excluding hydrogens is 410 g/mol. The maximum atomic E-state index is 12.3. The number of para-hydroxylation sites is 1. The number of anilines is 2. The van der Waals surface area contributed by atoms with Crippen molar-refractivity contribution >= 4 is 35.1 Å². The first-order valence-electron chi connectivity index (χ1n) is 10.3. The Hall–Kier alpha value is -3.68. The Bertz CT molecular complexity index is 978. The van der Waals surface area contributed by atoms with Gasteiger partial charge >= 0.3 is 17.8 Å². The van der Waals surface area contributed by atoms with Gasteiger partial charge in [0.2, 0.25) is 5.91 Å². The number of ether oxygens (including phenoxy) is 1. The third-order valence-corrected chi connectivity index (χ3v) is 4.20. The van der Waals surface area contributed by atoms with Gasteiger partial charge in [-0.1, -0.05) is 30.3 Å². The number of hydrogen-bond donors (Lipinski definition) is 3. The van der Waals surface area contributed by atoms with Gasteiger partial charge in [0.05, 0.1) is 6.42 Å². The predicted molar refractivity (Wildman–Crippen MR) is 122 cm³/mol. The molecule has 8 heteroatoms. The lowest BCUT2D eigenvalue weighted by Crippen LogP contribution is -2.36. The zero-order valence-corrected chi connectivity index (χ0v) is 18.8. The normalized spacial score (nSPS) is 10.8. The summed E-state index contributed by atoms with van der Waals surface area (Å²) in [6.07, 6.45) is 0.498. The summed E-state index contributed by atoms with van der Waals surface area (Å²) in [5.74, 6) is -2.16. The number of carbonyl (C=O) groups excluding carboxylic acids is 4. The number of nitrogens with one attached hydrogen (secondary N) is 3. The minimum absolute atomic E-state index is 0.0240. The van der Waals surface area contributed by atoms with Crippen LogP contribution in [0.25, 0.3) is 0 Å². The average molecular weight is 440 g/mol. The van der Waals surface area contributed by atoms with E-state index in [0.29, 0.717) is 23.4 Å². The third-order valence-electron chi connectivity index (χ3n) is 4.20. The van der Waals surface area contributed by atoms with Crippen LogP contribution in [0.4, 0.5) is 11.4 Å². The average Bonchev–Trinajstić information content (AvgIpc) is 2.68. The minimum Gasteiger partial charge on any atom is -0.460 e. The monoisotopic (exact) mass is 439 g/mol. The Balaban J connectivity index is 1.87. The number of amides is 3. The third kappa shape index (κ3) is 8.59. The molecule has 0 aliphatic carbocycles. The summed E-state index contributed by atoms with van der Waals surface area (Å²) in [5.41, 5.74) is 1.96. The van der Waals surface area contributed by atoms with Crippen molar-refractivity contribution in [2.45, 2.75) is 46.1 Å². The number of esters is 1. The summed E-state index contributed by atoms with van der Waals surface area (Å²) in [6.45, 7) is 7.04. The smallest absolute Gasteiger partial charge is 0.313 e. The van der Waals surface area contributed by atoms with Gasteiger partial charge in [0.1, 0.15) is 5.60 Å². The van der Waals surface area contributed by atoms with Crippen LogP contribution in [0.3, 0.4) is 0 Å². The Kier molecular flexibility index (Phi) is 8.52. The first-order valence-corrected chi connectivity index (χ1v) is 10.3. The second-order valence-electron chi connectivity index (χ2n) is 8.26. The summed E-state index contributed by atoms with van der Waals surface area (Å²) >= 11 is 0. The van der Waals surface area contributed by atoms with Crippen LogP contribution in [0.2, 0.25) is 0 Å². The quantitative estimate of drug-likeness (QED) is 0.453. The molecule has 0 saturated carbocycles. The van der Waals surface area contributed by atoms with Gasteiger partial charge in [-0.3, -0.25) is 19.2 Å². The van der Waals surface area contributed by atoms with Crippen LogP contribution >= 0.6 is 0 Å². The molecule has 8 nitrogen and oxygen atoms in total. The van der Waals surface area contributed by atoms with Crippen molar-refractivity contribution in [2.24, 2.45) is 0 Å². The van der Waals surface area contributed by atoms with Crippen molar-refractivity contribution in [3.63, 3.8) is 0 Å². The molecule has 0 unspecified atom stereocenters. The molecule has 0 saturated heterocycles. The van der Waals surface area contributed by atoms with Crippen LogP contribution in [0.5, 0.6) is 0 Å². The molecule has 3 N–H and O–H groups in total. The van der Waals surface area contributed by atoms with Crippen LogP contribution in [0.1, 0.15) is 38.8 Å². The van der Waals surface area contributed by atoms with E-state index in [1.165, 1.54) is 6.92 Å². The molecule has 2 rings (SSSR count). The Morgan fingerprint density at radius 3 is 2.16 bits per heavy atom. The molecule has 0 aliphatic heterocycles. The first-order chi connectivity index (χ1) is 15.0. The lowest BCUT2D eigenvalue weighted by molar-refractivity contribution is -0.153. The highest BCUT2D eigenvalue weighted by Gasteiger charge is 2.19. The van der Waals surface area contributed by atoms with Gasteiger partial charge in [-0.15, -0.1) is 0 Å². The van der Waals surface area contributed by atoms with Crippen molar-refractivity contribution in [1.29, 1.82) is 0 Å². The van der Waals surface area contributed by atoms with E-state index < -0.39 is 23.4 Å². The fraction of sp³-hybridized carbons (Fsp3) is 0.333. The SMILES string of the molecule is CC(=O)Nc1ccc(CCNC(=O)C(=O)Nc2ccccc2CC(=O)OC(C)(C)C)cc1. The van der Waals surface area contributed by atoms with E-state index in [2.05, 4.69) is 16.0 Å². The molecule has 0 aromatic heterocycles. The van der Waals surface area contributed by atoms with Gasteiger partial charge < -0.3 is 20.7 Å². The fourth-order valence-corrected chi connectivity index (χ4v) is 2.87. The summed E-state index contributed by atoms with van der Waals surface area (Å²) in [4.78, 5) is 47.6. The molecular formula is C24H29N3O5. The van der Waals surface area contributed by atoms with Gasteiger partial charge in [-0.25, -0.2) is 0 Å². The maximum absolute atomic E-state index is 12.3. The number of rotatable bonds is 7. The lowest BCUT2D eigenvalue weighted by Gasteiger charge is -2.20. The number of benzene rings is 2. The Morgan fingerprint density at radius 1 is 0.875 bits per heavy atom. The molecule has 32 heavy (non-hydrogen) atoms. The Labute approximate surface area is 187 Å². The zero-order chi connectivity index (χ0) is 23.7. The fourth-order valence-electron chi connectivity index (χ4n) is 2.87. The highest BCUT2D eigenvalue weighted by Crippen LogP contribution is 2.18. The maximum Gasteiger partial charge on any atom is 0.313 e. The minimum atomic E-state index is -0.817. The van der Waals surface area contributed by atoms with Gasteiger partial charge in [0, 0.05) is 24.8 Å². The van der Waals surface area contributed by atoms with Crippen molar-refractivity contribution in [3.8, 4) is 0 Å². The van der Waals surface area contributed by atoms with E-state index in [-0.39, 0.29) is 18.9 Å². The lowest BCUT2D eigenvalue weighted by atomic mass is 10.1. The van der Waals surface area contributed by atoms with E-state index >= 15 is 0 Å². The molecule has 2 aromatic rings. The van der Waals surface area contributed by atoms with Gasteiger partial charge in [0.25, 0.3) is 0 Å². The molecule has 170 valence electrons. The van der Waals surface area contributed by atoms with E-state index in [1.54, 1.807) is 57.2 Å². The summed E-state index contributed by atoms with van der Waals surface area (Å²) in [6, 6.07) is 14.0. The molecule has 3 amide bonds. The zero-order valence-electron chi connectivity index (χ0n) is 18.8. The summed E-state index contributed by atoms with van der Waals surface area (Å²) < 4.78 is 5.32. The highest BCUT2D eigenvalue weighted by molar-refractivity contribution is 6.39. The summed E-state index contributed by atoms with van der Waals surface area (Å²) in [5, 5.41) is 7.81. The van der Waals surface area contributed by atoms with Crippen molar-refractivity contribution in [3.05, 3.63) is 59.7 Å². The Morgan fingerprint density at radius 2 is 1.53 bits per heavy atom. The first kappa shape index (κ1) is 24.6. The van der Waals surface area contributed by atoms with Gasteiger partial charge in [0.15, 0.2) is 0 Å². The molecule has 0 aliphatic rings. The van der Waals surface area contributed by atoms with Crippen molar-refractivity contribution < 1.29 is 23.9 Å². The molecule has 0 spiro atoms. The van der Waals surface area contributed by atoms with Crippen LogP contribution in [-0.2, 0) is 36.8 Å². The molecule has 0 fully saturated rings. The second kappa shape index (κ2) is 11.1. The van der Waals surface area contributed by atoms with Crippen LogP contribution in [0, 0.1) is 0 Å². The molecule has 0 atom stereocenters. The van der Waals surface area contributed by atoms with Crippen LogP contribution < -0.4 is 16.0 Å². The van der Waals surface area contributed by atoms with Crippen molar-refractivity contribution in [1.82, 2.24) is 5.32 Å². The number of carbonyl (C=O) groups is 4. The largest absolute Gasteiger partial charge is 0.460 e. The molecule has 0 radical (unpaired) electrons. The highest BCUT2D eigenvalue weighted by atomic mass is 16.6. The molecule has 0 bridgehead atoms. The van der Waals surface area contributed by atoms with E-state index in [1.807, 2.05) is 12.1 Å². The number of hydrogen-bond acceptors (Lipinski definition) is 5. The van der Waals surface area contributed by atoms with Gasteiger partial charge in [-0.2, -0.15) is 0 Å². The molecule has 0 heterocycles. The molecule has 2 aromatic carbocycles. The topological polar surface area (TPSA) is 114 Å². The standard InChI is InChI=1S/C24H29N3O5/c1-16(28)26-19-11-9-17(10-12-19)13-14-25-22(30)23(31)27-20-8-6-5-7-18(20)15-21(29)32-24(2,3)4/h5-12H,13-15H2,1-4H3,(H,25,30)(H,26,28)(H,27,31). The van der Waals surface area contributed by atoms with E-state index in [4.69, 9.17) is 4.74 Å². The van der Waals surface area contributed by atoms with Crippen LogP contribution in [-0.4, -0.2) is 35.8 Å². The summed E-state index contributed by atoms with van der Waals surface area (Å²) in [7, 11) is 0. The van der Waals surface area contributed by atoms with E-state index in [9.17, 15) is 19.2 Å².